The van der Waals surface area contributed by atoms with Crippen LogP contribution in [0.15, 0.2) is 58.0 Å². The summed E-state index contributed by atoms with van der Waals surface area (Å²) in [5.41, 5.74) is 4.41. The van der Waals surface area contributed by atoms with Crippen molar-refractivity contribution in [2.75, 3.05) is 31.1 Å². The third-order valence-electron chi connectivity index (χ3n) is 5.30. The lowest BCUT2D eigenvalue weighted by atomic mass is 10.1. The Labute approximate surface area is 162 Å². The van der Waals surface area contributed by atoms with E-state index in [1.807, 2.05) is 54.0 Å². The first-order chi connectivity index (χ1) is 13.7. The number of nitrogens with zero attached hydrogens (tertiary/aromatic N) is 3. The summed E-state index contributed by atoms with van der Waals surface area (Å²) in [7, 11) is 0. The molecule has 1 aromatic carbocycles. The van der Waals surface area contributed by atoms with Crippen molar-refractivity contribution in [3.05, 3.63) is 64.8 Å². The van der Waals surface area contributed by atoms with Crippen molar-refractivity contribution in [1.29, 1.82) is 0 Å². The molecular weight excluding hydrogens is 352 g/mol. The molecule has 6 nitrogen and oxygen atoms in total. The molecular formula is C22H22N4O2. The van der Waals surface area contributed by atoms with Gasteiger partial charge in [-0.2, -0.15) is 0 Å². The number of rotatable bonds is 2. The Hall–Kier alpha value is -3.12. The quantitative estimate of drug-likeness (QED) is 0.546. The summed E-state index contributed by atoms with van der Waals surface area (Å²) in [5.74, 6) is 0. The Bertz CT molecular complexity index is 1220. The van der Waals surface area contributed by atoms with Crippen LogP contribution in [-0.4, -0.2) is 35.6 Å². The molecule has 3 aromatic heterocycles. The topological polar surface area (TPSA) is 62.8 Å². The molecule has 0 saturated carbocycles. The minimum absolute atomic E-state index is 0.359. The molecule has 1 saturated heterocycles. The van der Waals surface area contributed by atoms with Gasteiger partial charge in [0, 0.05) is 49.2 Å². The highest BCUT2D eigenvalue weighted by Gasteiger charge is 2.14. The van der Waals surface area contributed by atoms with E-state index in [0.717, 1.165) is 54.9 Å². The van der Waals surface area contributed by atoms with Crippen molar-refractivity contribution >= 4 is 22.3 Å². The average Bonchev–Trinajstić information content (AvgIpc) is 2.91. The molecule has 0 radical (unpaired) electrons. The van der Waals surface area contributed by atoms with E-state index in [0.29, 0.717) is 16.8 Å². The molecule has 1 aliphatic rings. The van der Waals surface area contributed by atoms with Crippen LogP contribution in [0.25, 0.3) is 27.9 Å². The summed E-state index contributed by atoms with van der Waals surface area (Å²) in [6, 6.07) is 11.9. The van der Waals surface area contributed by atoms with E-state index in [4.69, 9.17) is 4.42 Å². The van der Waals surface area contributed by atoms with Gasteiger partial charge in [0.05, 0.1) is 11.3 Å². The second-order valence-corrected chi connectivity index (χ2v) is 7.36. The molecule has 0 spiro atoms. The van der Waals surface area contributed by atoms with Gasteiger partial charge in [-0.25, -0.2) is 9.78 Å². The first-order valence-electron chi connectivity index (χ1n) is 9.67. The number of pyridine rings is 1. The molecule has 142 valence electrons. The van der Waals surface area contributed by atoms with Crippen LogP contribution >= 0.6 is 0 Å². The summed E-state index contributed by atoms with van der Waals surface area (Å²) < 4.78 is 7.62. The van der Waals surface area contributed by atoms with E-state index in [-0.39, 0.29) is 5.63 Å². The van der Waals surface area contributed by atoms with Crippen molar-refractivity contribution in [2.24, 2.45) is 0 Å². The highest BCUT2D eigenvalue weighted by atomic mass is 16.4. The Morgan fingerprint density at radius 1 is 1.07 bits per heavy atom. The van der Waals surface area contributed by atoms with Crippen LogP contribution in [0.5, 0.6) is 0 Å². The lowest BCUT2D eigenvalue weighted by molar-refractivity contribution is 0.563. The zero-order valence-corrected chi connectivity index (χ0v) is 15.8. The van der Waals surface area contributed by atoms with Gasteiger partial charge in [0.2, 0.25) is 0 Å². The smallest absolute Gasteiger partial charge is 0.345 e. The summed E-state index contributed by atoms with van der Waals surface area (Å²) in [4.78, 5) is 19.6. The van der Waals surface area contributed by atoms with E-state index in [2.05, 4.69) is 21.3 Å². The van der Waals surface area contributed by atoms with Gasteiger partial charge < -0.3 is 19.0 Å². The average molecular weight is 374 g/mol. The highest BCUT2D eigenvalue weighted by Crippen LogP contribution is 2.25. The molecule has 0 aliphatic carbocycles. The number of fused-ring (bicyclic) bond motifs is 2. The maximum absolute atomic E-state index is 12.7. The maximum atomic E-state index is 12.7. The molecule has 4 heterocycles. The fraction of sp³-hybridized carbons (Fsp3) is 0.273. The predicted molar refractivity (Wildman–Crippen MR) is 111 cm³/mol. The molecule has 0 atom stereocenters. The van der Waals surface area contributed by atoms with Crippen LogP contribution in [-0.2, 0) is 0 Å². The maximum Gasteiger partial charge on any atom is 0.345 e. The van der Waals surface area contributed by atoms with Crippen LogP contribution in [0, 0.1) is 6.92 Å². The Kier molecular flexibility index (Phi) is 4.13. The number of nitrogens with one attached hydrogen (secondary N) is 1. The first kappa shape index (κ1) is 17.0. The van der Waals surface area contributed by atoms with Gasteiger partial charge >= 0.3 is 5.63 Å². The fourth-order valence-corrected chi connectivity index (χ4v) is 3.81. The summed E-state index contributed by atoms with van der Waals surface area (Å²) >= 11 is 0. The Morgan fingerprint density at radius 3 is 2.93 bits per heavy atom. The Morgan fingerprint density at radius 2 is 2.00 bits per heavy atom. The molecule has 0 bridgehead atoms. The second-order valence-electron chi connectivity index (χ2n) is 7.36. The molecule has 0 unspecified atom stereocenters. The third kappa shape index (κ3) is 3.05. The molecule has 1 aliphatic heterocycles. The van der Waals surface area contributed by atoms with Gasteiger partial charge in [0.15, 0.2) is 0 Å². The highest BCUT2D eigenvalue weighted by molar-refractivity contribution is 5.84. The zero-order chi connectivity index (χ0) is 19.1. The fourth-order valence-electron chi connectivity index (χ4n) is 3.81. The largest absolute Gasteiger partial charge is 0.422 e. The van der Waals surface area contributed by atoms with E-state index >= 15 is 0 Å². The van der Waals surface area contributed by atoms with E-state index < -0.39 is 0 Å². The van der Waals surface area contributed by atoms with E-state index in [1.165, 1.54) is 0 Å². The molecule has 6 heteroatoms. The first-order valence-corrected chi connectivity index (χ1v) is 9.67. The van der Waals surface area contributed by atoms with Gasteiger partial charge in [-0.1, -0.05) is 6.07 Å². The molecule has 1 N–H and O–H groups in total. The number of hydrogen-bond acceptors (Lipinski definition) is 5. The minimum atomic E-state index is -0.359. The molecule has 28 heavy (non-hydrogen) atoms. The molecule has 4 aromatic rings. The Balaban J connectivity index is 1.56. The normalized spacial score (nSPS) is 15.2. The number of hydrogen-bond donors (Lipinski definition) is 1. The third-order valence-corrected chi connectivity index (χ3v) is 5.30. The van der Waals surface area contributed by atoms with E-state index in [9.17, 15) is 4.79 Å². The lowest BCUT2D eigenvalue weighted by Crippen LogP contribution is -2.27. The van der Waals surface area contributed by atoms with Gasteiger partial charge in [0.1, 0.15) is 11.2 Å². The number of aromatic nitrogens is 2. The van der Waals surface area contributed by atoms with Crippen molar-refractivity contribution in [3.8, 4) is 11.3 Å². The monoisotopic (exact) mass is 374 g/mol. The number of anilines is 1. The summed E-state index contributed by atoms with van der Waals surface area (Å²) in [5, 5.41) is 4.31. The number of aryl methyl sites for hydroxylation is 1. The van der Waals surface area contributed by atoms with Crippen molar-refractivity contribution in [1.82, 2.24) is 14.7 Å². The molecule has 1 fully saturated rings. The van der Waals surface area contributed by atoms with Crippen molar-refractivity contribution < 1.29 is 4.42 Å². The second kappa shape index (κ2) is 6.80. The van der Waals surface area contributed by atoms with Crippen LogP contribution in [0.4, 0.5) is 5.69 Å². The van der Waals surface area contributed by atoms with Crippen LogP contribution in [0.3, 0.4) is 0 Å². The van der Waals surface area contributed by atoms with Crippen molar-refractivity contribution in [3.63, 3.8) is 0 Å². The van der Waals surface area contributed by atoms with Crippen molar-refractivity contribution in [2.45, 2.75) is 13.3 Å². The van der Waals surface area contributed by atoms with Crippen LogP contribution in [0.1, 0.15) is 12.0 Å². The lowest BCUT2D eigenvalue weighted by Gasteiger charge is -2.22. The predicted octanol–water partition coefficient (Wildman–Crippen LogP) is 3.22. The van der Waals surface area contributed by atoms with Crippen LogP contribution < -0.4 is 15.8 Å². The zero-order valence-electron chi connectivity index (χ0n) is 15.8. The summed E-state index contributed by atoms with van der Waals surface area (Å²) in [6.07, 6.45) is 4.98. The SMILES string of the molecule is Cc1ccc2nc(-c3cc4ccc(N5CCCNCC5)cc4oc3=O)cn2c1. The van der Waals surface area contributed by atoms with Gasteiger partial charge in [-0.3, -0.25) is 0 Å². The van der Waals surface area contributed by atoms with E-state index in [1.54, 1.807) is 0 Å². The molecule has 5 rings (SSSR count). The van der Waals surface area contributed by atoms with Gasteiger partial charge in [0.25, 0.3) is 0 Å². The van der Waals surface area contributed by atoms with Gasteiger partial charge in [-0.15, -0.1) is 0 Å². The summed E-state index contributed by atoms with van der Waals surface area (Å²) in [6.45, 7) is 5.99. The number of benzene rings is 1. The minimum Gasteiger partial charge on any atom is -0.422 e. The molecule has 0 amide bonds. The number of imidazole rings is 1. The van der Waals surface area contributed by atoms with Gasteiger partial charge in [-0.05, 0) is 49.7 Å². The standard InChI is InChI=1S/C22H22N4O2/c1-15-3-6-21-24-19(14-26(21)13-15)18-11-16-4-5-17(12-20(16)28-22(18)27)25-9-2-7-23-8-10-25/h3-6,11-14,23H,2,7-10H2,1H3. The van der Waals surface area contributed by atoms with Crippen LogP contribution in [0.2, 0.25) is 0 Å².